The first-order valence-corrected chi connectivity index (χ1v) is 17.0. The molecule has 48 heavy (non-hydrogen) atoms. The van der Waals surface area contributed by atoms with E-state index in [-0.39, 0.29) is 35.0 Å². The smallest absolute Gasteiger partial charge is 0.397 e. The summed E-state index contributed by atoms with van der Waals surface area (Å²) in [5.74, 6) is -0.353. The minimum absolute atomic E-state index is 0.0752. The zero-order valence-electron chi connectivity index (χ0n) is 26.7. The number of piperazine rings is 1. The molecule has 0 radical (unpaired) electrons. The standard InChI is InChI=1S/C33H42ClF3N8O3/c34-26-18-21(17-25(29(26)38)33(35,36)37)19-28(30(46)43-15-13-42(14-16-43)23-5-9-39-10-6-23)41-31(47)44-11-7-24(8-12-44)45-20-22-3-1-2-4-27(22)40-32(45)48/h1-4,17-18,23-24,28,39H,5-16,19-20,38H2,(H,40,48)(H,41,47)/t28-/m1/s1. The van der Waals surface area contributed by atoms with Crippen molar-refractivity contribution in [3.8, 4) is 0 Å². The number of benzene rings is 2. The van der Waals surface area contributed by atoms with Crippen LogP contribution >= 0.6 is 11.6 Å². The van der Waals surface area contributed by atoms with Crippen LogP contribution in [-0.4, -0.2) is 108 Å². The van der Waals surface area contributed by atoms with Gasteiger partial charge < -0.3 is 36.4 Å². The number of nitrogen functional groups attached to an aromatic ring is 1. The van der Waals surface area contributed by atoms with E-state index in [2.05, 4.69) is 20.9 Å². The fourth-order valence-corrected chi connectivity index (χ4v) is 7.54. The van der Waals surface area contributed by atoms with Gasteiger partial charge in [0.2, 0.25) is 5.91 Å². The molecule has 2 aromatic rings. The average molecular weight is 691 g/mol. The van der Waals surface area contributed by atoms with Crippen LogP contribution in [0.1, 0.15) is 42.4 Å². The van der Waals surface area contributed by atoms with Gasteiger partial charge in [-0.3, -0.25) is 9.69 Å². The summed E-state index contributed by atoms with van der Waals surface area (Å²) in [6, 6.07) is 8.45. The normalized spacial score (nSPS) is 20.7. The predicted molar refractivity (Wildman–Crippen MR) is 177 cm³/mol. The second-order valence-electron chi connectivity index (χ2n) is 13.0. The number of nitrogens with zero attached hydrogens (tertiary/aromatic N) is 4. The number of amides is 5. The lowest BCUT2D eigenvalue weighted by Gasteiger charge is -2.42. The lowest BCUT2D eigenvalue weighted by Crippen LogP contribution is -2.59. The molecule has 3 saturated heterocycles. The summed E-state index contributed by atoms with van der Waals surface area (Å²) in [4.78, 5) is 47.9. The van der Waals surface area contributed by atoms with Gasteiger partial charge in [-0.05, 0) is 68.1 Å². The molecule has 0 aliphatic carbocycles. The minimum atomic E-state index is -4.74. The van der Waals surface area contributed by atoms with E-state index in [4.69, 9.17) is 17.3 Å². The fourth-order valence-electron chi connectivity index (χ4n) is 7.30. The van der Waals surface area contributed by atoms with Crippen molar-refractivity contribution >= 4 is 40.9 Å². The number of halogens is 4. The van der Waals surface area contributed by atoms with Crippen molar-refractivity contribution in [1.82, 2.24) is 30.2 Å². The molecule has 6 rings (SSSR count). The zero-order chi connectivity index (χ0) is 34.0. The fraction of sp³-hybridized carbons (Fsp3) is 0.545. The predicted octanol–water partition coefficient (Wildman–Crippen LogP) is 3.97. The molecule has 0 spiro atoms. The van der Waals surface area contributed by atoms with Gasteiger partial charge in [-0.15, -0.1) is 0 Å². The molecule has 0 saturated carbocycles. The molecule has 1 atom stereocenters. The zero-order valence-corrected chi connectivity index (χ0v) is 27.5. The number of carbonyl (C=O) groups is 3. The highest BCUT2D eigenvalue weighted by Gasteiger charge is 2.37. The number of nitrogens with one attached hydrogen (secondary N) is 3. The summed E-state index contributed by atoms with van der Waals surface area (Å²) in [7, 11) is 0. The van der Waals surface area contributed by atoms with E-state index in [1.807, 2.05) is 24.3 Å². The number of fused-ring (bicyclic) bond motifs is 1. The average Bonchev–Trinajstić information content (AvgIpc) is 3.09. The summed E-state index contributed by atoms with van der Waals surface area (Å²) in [5.41, 5.74) is 5.95. The number of piperidine rings is 2. The van der Waals surface area contributed by atoms with E-state index in [1.165, 1.54) is 6.07 Å². The Bertz CT molecular complexity index is 1510. The molecule has 5 amide bonds. The van der Waals surface area contributed by atoms with Crippen molar-refractivity contribution in [3.63, 3.8) is 0 Å². The van der Waals surface area contributed by atoms with Gasteiger partial charge in [-0.2, -0.15) is 13.2 Å². The Morgan fingerprint density at radius 1 is 0.958 bits per heavy atom. The monoisotopic (exact) mass is 690 g/mol. The first kappa shape index (κ1) is 34.1. The van der Waals surface area contributed by atoms with Crippen LogP contribution in [0.5, 0.6) is 0 Å². The SMILES string of the molecule is Nc1c(Cl)cc(C[C@@H](NC(=O)N2CCC(N3Cc4ccccc4NC3=O)CC2)C(=O)N2CCN(C3CCNCC3)CC2)cc1C(F)(F)F. The van der Waals surface area contributed by atoms with Gasteiger partial charge in [0.25, 0.3) is 0 Å². The highest BCUT2D eigenvalue weighted by molar-refractivity contribution is 6.33. The maximum atomic E-state index is 14.0. The third-order valence-corrected chi connectivity index (χ3v) is 10.3. The Kier molecular flexibility index (Phi) is 10.2. The van der Waals surface area contributed by atoms with Crippen LogP contribution in [0.2, 0.25) is 5.02 Å². The number of anilines is 2. The van der Waals surface area contributed by atoms with E-state index in [0.717, 1.165) is 43.2 Å². The summed E-state index contributed by atoms with van der Waals surface area (Å²) in [6.07, 6.45) is -1.76. The largest absolute Gasteiger partial charge is 0.418 e. The third-order valence-electron chi connectivity index (χ3n) is 10.0. The minimum Gasteiger partial charge on any atom is -0.397 e. The summed E-state index contributed by atoms with van der Waals surface area (Å²) in [5, 5.41) is 8.88. The number of para-hydroxylation sites is 1. The van der Waals surface area contributed by atoms with E-state index in [0.29, 0.717) is 64.7 Å². The molecule has 0 unspecified atom stereocenters. The molecule has 15 heteroatoms. The quantitative estimate of drug-likeness (QED) is 0.340. The molecule has 11 nitrogen and oxygen atoms in total. The maximum Gasteiger partial charge on any atom is 0.418 e. The van der Waals surface area contributed by atoms with Crippen LogP contribution in [-0.2, 0) is 23.9 Å². The number of rotatable bonds is 6. The Hall–Kier alpha value is -3.75. The molecule has 0 bridgehead atoms. The molecular formula is C33H42ClF3N8O3. The lowest BCUT2D eigenvalue weighted by atomic mass is 9.99. The van der Waals surface area contributed by atoms with Crippen molar-refractivity contribution in [2.75, 3.05) is 63.4 Å². The molecular weight excluding hydrogens is 649 g/mol. The number of carbonyl (C=O) groups excluding carboxylic acids is 3. The van der Waals surface area contributed by atoms with Gasteiger partial charge in [0, 0.05) is 70.0 Å². The first-order chi connectivity index (χ1) is 23.0. The second-order valence-corrected chi connectivity index (χ2v) is 13.4. The van der Waals surface area contributed by atoms with Crippen molar-refractivity contribution in [2.45, 2.75) is 63.0 Å². The van der Waals surface area contributed by atoms with Gasteiger partial charge in [0.05, 0.1) is 16.3 Å². The maximum absolute atomic E-state index is 14.0. The first-order valence-electron chi connectivity index (χ1n) is 16.6. The number of alkyl halides is 3. The van der Waals surface area contributed by atoms with E-state index in [1.54, 1.807) is 14.7 Å². The molecule has 5 N–H and O–H groups in total. The summed E-state index contributed by atoms with van der Waals surface area (Å²) < 4.78 is 41.3. The molecule has 260 valence electrons. The van der Waals surface area contributed by atoms with Crippen molar-refractivity contribution in [1.29, 1.82) is 0 Å². The van der Waals surface area contributed by atoms with Gasteiger partial charge >= 0.3 is 18.2 Å². The Morgan fingerprint density at radius 2 is 1.65 bits per heavy atom. The van der Waals surface area contributed by atoms with Crippen LogP contribution in [0.15, 0.2) is 36.4 Å². The molecule has 3 fully saturated rings. The van der Waals surface area contributed by atoms with Gasteiger partial charge in [0.15, 0.2) is 0 Å². The van der Waals surface area contributed by atoms with Crippen molar-refractivity contribution < 1.29 is 27.6 Å². The topological polar surface area (TPSA) is 126 Å². The summed E-state index contributed by atoms with van der Waals surface area (Å²) >= 11 is 6.11. The number of hydrogen-bond acceptors (Lipinski definition) is 6. The van der Waals surface area contributed by atoms with Gasteiger partial charge in [0.1, 0.15) is 6.04 Å². The van der Waals surface area contributed by atoms with Crippen molar-refractivity contribution in [2.24, 2.45) is 0 Å². The van der Waals surface area contributed by atoms with Crippen LogP contribution in [0, 0.1) is 0 Å². The van der Waals surface area contributed by atoms with E-state index < -0.39 is 29.5 Å². The van der Waals surface area contributed by atoms with Crippen LogP contribution < -0.4 is 21.7 Å². The molecule has 4 aliphatic heterocycles. The van der Waals surface area contributed by atoms with Crippen molar-refractivity contribution in [3.05, 3.63) is 58.1 Å². The van der Waals surface area contributed by atoms with E-state index >= 15 is 0 Å². The highest BCUT2D eigenvalue weighted by Crippen LogP contribution is 2.38. The summed E-state index contributed by atoms with van der Waals surface area (Å²) in [6.45, 7) is 5.38. The molecule has 2 aromatic carbocycles. The number of hydrogen-bond donors (Lipinski definition) is 4. The Morgan fingerprint density at radius 3 is 2.33 bits per heavy atom. The molecule has 0 aromatic heterocycles. The van der Waals surface area contributed by atoms with Crippen LogP contribution in [0.3, 0.4) is 0 Å². The highest BCUT2D eigenvalue weighted by atomic mass is 35.5. The van der Waals surface area contributed by atoms with Gasteiger partial charge in [-0.1, -0.05) is 29.8 Å². The molecule has 4 heterocycles. The van der Waals surface area contributed by atoms with Crippen LogP contribution in [0.25, 0.3) is 0 Å². The third kappa shape index (κ3) is 7.60. The lowest BCUT2D eigenvalue weighted by molar-refractivity contribution is -0.137. The van der Waals surface area contributed by atoms with Gasteiger partial charge in [-0.25, -0.2) is 9.59 Å². The number of likely N-dealkylation sites (tertiary alicyclic amines) is 1. The molecule has 4 aliphatic rings. The number of nitrogens with two attached hydrogens (primary N) is 1. The second kappa shape index (κ2) is 14.4. The Labute approximate surface area is 282 Å². The van der Waals surface area contributed by atoms with Crippen LogP contribution in [0.4, 0.5) is 34.1 Å². The van der Waals surface area contributed by atoms with E-state index in [9.17, 15) is 27.6 Å². The Balaban J connectivity index is 1.13. The number of urea groups is 2.